The maximum atomic E-state index is 4.36. The van der Waals surface area contributed by atoms with Crippen LogP contribution in [-0.4, -0.2) is 23.5 Å². The van der Waals surface area contributed by atoms with Gasteiger partial charge in [0.05, 0.1) is 0 Å². The number of hydrogen-bond donors (Lipinski definition) is 1. The van der Waals surface area contributed by atoms with E-state index in [4.69, 9.17) is 0 Å². The van der Waals surface area contributed by atoms with E-state index in [2.05, 4.69) is 60.4 Å². The zero-order valence-electron chi connectivity index (χ0n) is 11.8. The largest absolute Gasteiger partial charge is 0.362 e. The molecule has 1 aromatic heterocycles. The van der Waals surface area contributed by atoms with Crippen molar-refractivity contribution in [2.45, 2.75) is 26.9 Å². The van der Waals surface area contributed by atoms with Crippen molar-refractivity contribution in [2.24, 2.45) is 0 Å². The summed E-state index contributed by atoms with van der Waals surface area (Å²) < 4.78 is 0. The van der Waals surface area contributed by atoms with Crippen molar-refractivity contribution >= 4 is 16.5 Å². The molecule has 0 amide bonds. The minimum atomic E-state index is 0.923. The molecule has 0 aliphatic rings. The molecule has 1 heterocycles. The van der Waals surface area contributed by atoms with Crippen LogP contribution < -0.4 is 5.32 Å². The Kier molecular flexibility index (Phi) is 4.93. The van der Waals surface area contributed by atoms with Crippen LogP contribution in [0.4, 0.5) is 5.13 Å². The highest BCUT2D eigenvalue weighted by atomic mass is 32.1. The number of aromatic nitrogens is 1. The Hall–Kier alpha value is -1.39. The normalized spacial score (nSPS) is 10.9. The summed E-state index contributed by atoms with van der Waals surface area (Å²) in [6.07, 6.45) is 1.97. The highest BCUT2D eigenvalue weighted by molar-refractivity contribution is 7.15. The third kappa shape index (κ3) is 4.04. The molecular formula is C15H21N3S. The van der Waals surface area contributed by atoms with Gasteiger partial charge < -0.3 is 5.32 Å². The van der Waals surface area contributed by atoms with Crippen LogP contribution in [0, 0.1) is 6.92 Å². The minimum Gasteiger partial charge on any atom is -0.362 e. The lowest BCUT2D eigenvalue weighted by Gasteiger charge is -2.16. The number of rotatable bonds is 6. The molecule has 19 heavy (non-hydrogen) atoms. The highest BCUT2D eigenvalue weighted by Gasteiger charge is 2.06. The van der Waals surface area contributed by atoms with Gasteiger partial charge in [0, 0.05) is 30.7 Å². The number of benzene rings is 1. The Bertz CT molecular complexity index is 522. The number of hydrogen-bond acceptors (Lipinski definition) is 4. The van der Waals surface area contributed by atoms with E-state index < -0.39 is 0 Å². The molecule has 4 heteroatoms. The summed E-state index contributed by atoms with van der Waals surface area (Å²) in [5, 5.41) is 4.26. The van der Waals surface area contributed by atoms with E-state index in [0.29, 0.717) is 0 Å². The summed E-state index contributed by atoms with van der Waals surface area (Å²) in [7, 11) is 2.15. The summed E-state index contributed by atoms with van der Waals surface area (Å²) in [5.74, 6) is 0. The van der Waals surface area contributed by atoms with E-state index in [9.17, 15) is 0 Å². The molecule has 2 aromatic rings. The van der Waals surface area contributed by atoms with Gasteiger partial charge in [-0.3, -0.25) is 4.90 Å². The Balaban J connectivity index is 1.93. The lowest BCUT2D eigenvalue weighted by molar-refractivity contribution is 0.321. The monoisotopic (exact) mass is 275 g/mol. The smallest absolute Gasteiger partial charge is 0.182 e. The fourth-order valence-corrected chi connectivity index (χ4v) is 2.97. The van der Waals surface area contributed by atoms with Gasteiger partial charge in [-0.2, -0.15) is 0 Å². The quantitative estimate of drug-likeness (QED) is 0.874. The second-order valence-corrected chi connectivity index (χ2v) is 5.88. The SMILES string of the molecule is CCNc1ncc(CN(C)Cc2ccccc2C)s1. The van der Waals surface area contributed by atoms with Gasteiger partial charge in [0.25, 0.3) is 0 Å². The van der Waals surface area contributed by atoms with Crippen molar-refractivity contribution in [1.82, 2.24) is 9.88 Å². The molecule has 0 saturated heterocycles. The first-order valence-corrected chi connectivity index (χ1v) is 7.42. The highest BCUT2D eigenvalue weighted by Crippen LogP contribution is 2.20. The van der Waals surface area contributed by atoms with Crippen LogP contribution in [0.25, 0.3) is 0 Å². The van der Waals surface area contributed by atoms with Crippen molar-refractivity contribution in [3.05, 3.63) is 46.5 Å². The van der Waals surface area contributed by atoms with Gasteiger partial charge in [0.2, 0.25) is 0 Å². The van der Waals surface area contributed by atoms with Gasteiger partial charge in [-0.05, 0) is 32.0 Å². The van der Waals surface area contributed by atoms with Crippen LogP contribution in [0.2, 0.25) is 0 Å². The first kappa shape index (κ1) is 14.0. The number of anilines is 1. The van der Waals surface area contributed by atoms with Crippen molar-refractivity contribution in [3.63, 3.8) is 0 Å². The molecule has 0 spiro atoms. The summed E-state index contributed by atoms with van der Waals surface area (Å²) in [5.41, 5.74) is 2.74. The van der Waals surface area contributed by atoms with Gasteiger partial charge in [-0.15, -0.1) is 11.3 Å². The standard InChI is InChI=1S/C15H21N3S/c1-4-16-15-17-9-14(19-15)11-18(3)10-13-8-6-5-7-12(13)2/h5-9H,4,10-11H2,1-3H3,(H,16,17). The van der Waals surface area contributed by atoms with Crippen molar-refractivity contribution < 1.29 is 0 Å². The summed E-state index contributed by atoms with van der Waals surface area (Å²) in [6, 6.07) is 8.55. The number of aryl methyl sites for hydroxylation is 1. The van der Waals surface area contributed by atoms with Gasteiger partial charge >= 0.3 is 0 Å². The second kappa shape index (κ2) is 6.68. The van der Waals surface area contributed by atoms with Crippen LogP contribution >= 0.6 is 11.3 Å². The van der Waals surface area contributed by atoms with Crippen molar-refractivity contribution in [1.29, 1.82) is 0 Å². The molecule has 1 N–H and O–H groups in total. The number of thiazole rings is 1. The first-order valence-electron chi connectivity index (χ1n) is 6.60. The van der Waals surface area contributed by atoms with E-state index in [1.54, 1.807) is 11.3 Å². The molecule has 102 valence electrons. The Labute approximate surface area is 119 Å². The maximum Gasteiger partial charge on any atom is 0.182 e. The zero-order valence-corrected chi connectivity index (χ0v) is 12.6. The van der Waals surface area contributed by atoms with E-state index in [-0.39, 0.29) is 0 Å². The zero-order chi connectivity index (χ0) is 13.7. The first-order chi connectivity index (χ1) is 9.19. The van der Waals surface area contributed by atoms with Gasteiger partial charge in [-0.25, -0.2) is 4.98 Å². The van der Waals surface area contributed by atoms with Gasteiger partial charge in [0.1, 0.15) is 0 Å². The van der Waals surface area contributed by atoms with Crippen molar-refractivity contribution in [3.8, 4) is 0 Å². The lowest BCUT2D eigenvalue weighted by Crippen LogP contribution is -2.17. The van der Waals surface area contributed by atoms with E-state index in [1.165, 1.54) is 16.0 Å². The van der Waals surface area contributed by atoms with E-state index >= 15 is 0 Å². The molecule has 0 fully saturated rings. The average Bonchev–Trinajstić information content (AvgIpc) is 2.80. The topological polar surface area (TPSA) is 28.2 Å². The minimum absolute atomic E-state index is 0.923. The molecule has 2 rings (SSSR count). The molecule has 0 aliphatic carbocycles. The molecule has 3 nitrogen and oxygen atoms in total. The number of nitrogens with zero attached hydrogens (tertiary/aromatic N) is 2. The van der Waals surface area contributed by atoms with Crippen LogP contribution in [0.15, 0.2) is 30.5 Å². The molecular weight excluding hydrogens is 254 g/mol. The third-order valence-corrected chi connectivity index (χ3v) is 3.95. The fraction of sp³-hybridized carbons (Fsp3) is 0.400. The second-order valence-electron chi connectivity index (χ2n) is 4.76. The Morgan fingerprint density at radius 1 is 1.26 bits per heavy atom. The molecule has 1 aromatic carbocycles. The van der Waals surface area contributed by atoms with E-state index in [1.807, 2.05) is 6.20 Å². The van der Waals surface area contributed by atoms with Gasteiger partial charge in [-0.1, -0.05) is 24.3 Å². The molecule has 0 saturated carbocycles. The fourth-order valence-electron chi connectivity index (χ4n) is 2.01. The molecule has 0 radical (unpaired) electrons. The van der Waals surface area contributed by atoms with E-state index in [0.717, 1.165) is 24.8 Å². The molecule has 0 atom stereocenters. The molecule has 0 unspecified atom stereocenters. The van der Waals surface area contributed by atoms with Crippen LogP contribution in [-0.2, 0) is 13.1 Å². The third-order valence-electron chi connectivity index (χ3n) is 3.01. The average molecular weight is 275 g/mol. The number of nitrogens with one attached hydrogen (secondary N) is 1. The predicted octanol–water partition coefficient (Wildman–Crippen LogP) is 3.52. The summed E-state index contributed by atoms with van der Waals surface area (Å²) in [6.45, 7) is 7.09. The summed E-state index contributed by atoms with van der Waals surface area (Å²) >= 11 is 1.74. The van der Waals surface area contributed by atoms with Gasteiger partial charge in [0.15, 0.2) is 5.13 Å². The molecule has 0 bridgehead atoms. The predicted molar refractivity (Wildman–Crippen MR) is 82.6 cm³/mol. The Morgan fingerprint density at radius 2 is 2.05 bits per heavy atom. The van der Waals surface area contributed by atoms with Crippen LogP contribution in [0.1, 0.15) is 22.9 Å². The Morgan fingerprint density at radius 3 is 2.79 bits per heavy atom. The maximum absolute atomic E-state index is 4.36. The lowest BCUT2D eigenvalue weighted by atomic mass is 10.1. The van der Waals surface area contributed by atoms with Crippen LogP contribution in [0.5, 0.6) is 0 Å². The van der Waals surface area contributed by atoms with Crippen LogP contribution in [0.3, 0.4) is 0 Å². The molecule has 0 aliphatic heterocycles. The van der Waals surface area contributed by atoms with Crippen molar-refractivity contribution in [2.75, 3.05) is 18.9 Å². The summed E-state index contributed by atoms with van der Waals surface area (Å²) in [4.78, 5) is 7.99.